The Hall–Kier alpha value is -2.44. The van der Waals surface area contributed by atoms with Crippen LogP contribution in [0.2, 0.25) is 0 Å². The van der Waals surface area contributed by atoms with Crippen molar-refractivity contribution in [1.29, 1.82) is 0 Å². The van der Waals surface area contributed by atoms with Gasteiger partial charge in [0.2, 0.25) is 5.75 Å². The maximum atomic E-state index is 12.1. The summed E-state index contributed by atoms with van der Waals surface area (Å²) in [5, 5.41) is 2.72. The van der Waals surface area contributed by atoms with Crippen LogP contribution in [0.25, 0.3) is 0 Å². The second kappa shape index (κ2) is 7.71. The number of methoxy groups -OCH3 is 1. The fourth-order valence-electron chi connectivity index (χ4n) is 2.02. The van der Waals surface area contributed by atoms with Crippen molar-refractivity contribution in [2.75, 3.05) is 26.9 Å². The van der Waals surface area contributed by atoms with E-state index >= 15 is 0 Å². The van der Waals surface area contributed by atoms with E-state index in [1.54, 1.807) is 0 Å². The number of fused-ring (bicyclic) bond motifs is 1. The van der Waals surface area contributed by atoms with E-state index < -0.39 is 5.97 Å². The number of amides is 1. The molecule has 1 N–H and O–H groups in total. The molecule has 1 heterocycles. The molecule has 0 saturated carbocycles. The van der Waals surface area contributed by atoms with E-state index in [-0.39, 0.29) is 24.1 Å². The van der Waals surface area contributed by atoms with Gasteiger partial charge in [-0.3, -0.25) is 4.79 Å². The van der Waals surface area contributed by atoms with Crippen molar-refractivity contribution in [1.82, 2.24) is 5.32 Å². The van der Waals surface area contributed by atoms with E-state index in [4.69, 9.17) is 18.9 Å². The average Bonchev–Trinajstić information content (AvgIpc) is 2.58. The van der Waals surface area contributed by atoms with E-state index in [1.807, 2.05) is 13.8 Å². The van der Waals surface area contributed by atoms with E-state index in [0.717, 1.165) is 6.42 Å². The zero-order chi connectivity index (χ0) is 16.8. The molecule has 0 radical (unpaired) electrons. The smallest absolute Gasteiger partial charge is 0.338 e. The summed E-state index contributed by atoms with van der Waals surface area (Å²) >= 11 is 0. The number of hydrogen-bond donors (Lipinski definition) is 1. The van der Waals surface area contributed by atoms with Gasteiger partial charge in [-0.1, -0.05) is 6.92 Å². The molecule has 1 amide bonds. The maximum absolute atomic E-state index is 12.1. The molecule has 0 spiro atoms. The van der Waals surface area contributed by atoms with Crippen LogP contribution in [-0.2, 0) is 9.53 Å². The van der Waals surface area contributed by atoms with E-state index in [9.17, 15) is 9.59 Å². The highest BCUT2D eigenvalue weighted by Crippen LogP contribution is 2.40. The van der Waals surface area contributed by atoms with Gasteiger partial charge >= 0.3 is 5.97 Å². The average molecular weight is 323 g/mol. The van der Waals surface area contributed by atoms with Crippen LogP contribution in [-0.4, -0.2) is 44.8 Å². The van der Waals surface area contributed by atoms with Crippen molar-refractivity contribution in [2.24, 2.45) is 0 Å². The third-order valence-corrected chi connectivity index (χ3v) is 3.42. The van der Waals surface area contributed by atoms with Gasteiger partial charge in [0.05, 0.1) is 12.7 Å². The highest BCUT2D eigenvalue weighted by Gasteiger charge is 2.22. The quantitative estimate of drug-likeness (QED) is 0.800. The van der Waals surface area contributed by atoms with Gasteiger partial charge in [-0.25, -0.2) is 4.79 Å². The monoisotopic (exact) mass is 323 g/mol. The normalized spacial score (nSPS) is 13.9. The molecule has 1 aromatic rings. The molecular formula is C16H21NO6. The van der Waals surface area contributed by atoms with Crippen LogP contribution in [0.1, 0.15) is 30.6 Å². The Morgan fingerprint density at radius 2 is 2.04 bits per heavy atom. The predicted molar refractivity (Wildman–Crippen MR) is 82.2 cm³/mol. The van der Waals surface area contributed by atoms with Crippen LogP contribution in [0.3, 0.4) is 0 Å². The van der Waals surface area contributed by atoms with Crippen molar-refractivity contribution < 1.29 is 28.5 Å². The van der Waals surface area contributed by atoms with Gasteiger partial charge < -0.3 is 24.3 Å². The molecular weight excluding hydrogens is 302 g/mol. The zero-order valence-corrected chi connectivity index (χ0v) is 13.5. The Morgan fingerprint density at radius 3 is 2.74 bits per heavy atom. The molecule has 1 aromatic carbocycles. The predicted octanol–water partition coefficient (Wildman–Crippen LogP) is 1.54. The number of benzene rings is 1. The first-order valence-electron chi connectivity index (χ1n) is 7.49. The van der Waals surface area contributed by atoms with E-state index in [1.165, 1.54) is 19.2 Å². The number of nitrogens with one attached hydrogen (secondary N) is 1. The van der Waals surface area contributed by atoms with Crippen LogP contribution in [0, 0.1) is 0 Å². The SMILES string of the molecule is CC[C@@H](C)NC(=O)COC(=O)c1cc(OC)c2c(c1)OCCO2. The van der Waals surface area contributed by atoms with Crippen molar-refractivity contribution >= 4 is 11.9 Å². The van der Waals surface area contributed by atoms with E-state index in [2.05, 4.69) is 5.32 Å². The lowest BCUT2D eigenvalue weighted by Gasteiger charge is -2.21. The molecule has 0 unspecified atom stereocenters. The third kappa shape index (κ3) is 4.28. The van der Waals surface area contributed by atoms with Gasteiger partial charge in [-0.05, 0) is 25.5 Å². The van der Waals surface area contributed by atoms with Gasteiger partial charge in [0.25, 0.3) is 5.91 Å². The molecule has 1 aliphatic rings. The zero-order valence-electron chi connectivity index (χ0n) is 13.5. The first kappa shape index (κ1) is 16.9. The Bertz CT molecular complexity index is 569. The molecule has 23 heavy (non-hydrogen) atoms. The summed E-state index contributed by atoms with van der Waals surface area (Å²) in [5.41, 5.74) is 0.238. The van der Waals surface area contributed by atoms with Crippen molar-refractivity contribution in [3.8, 4) is 17.2 Å². The lowest BCUT2D eigenvalue weighted by Crippen LogP contribution is -2.35. The highest BCUT2D eigenvalue weighted by molar-refractivity contribution is 5.92. The van der Waals surface area contributed by atoms with Gasteiger partial charge in [-0.15, -0.1) is 0 Å². The summed E-state index contributed by atoms with van der Waals surface area (Å²) in [4.78, 5) is 23.8. The fraction of sp³-hybridized carbons (Fsp3) is 0.500. The van der Waals surface area contributed by atoms with Gasteiger partial charge in [0.1, 0.15) is 13.2 Å². The van der Waals surface area contributed by atoms with Gasteiger partial charge in [0, 0.05) is 6.04 Å². The standard InChI is InChI=1S/C16H21NO6/c1-4-10(2)17-14(18)9-23-16(19)11-7-12(20-3)15-13(8-11)21-5-6-22-15/h7-8,10H,4-6,9H2,1-3H3,(H,17,18)/t10-/m1/s1. The lowest BCUT2D eigenvalue weighted by atomic mass is 10.1. The molecule has 126 valence electrons. The molecule has 0 fully saturated rings. The summed E-state index contributed by atoms with van der Waals surface area (Å²) in [5.74, 6) is 0.311. The number of carbonyl (C=O) groups is 2. The summed E-state index contributed by atoms with van der Waals surface area (Å²) in [6.45, 7) is 4.32. The van der Waals surface area contributed by atoms with Crippen LogP contribution in [0.15, 0.2) is 12.1 Å². The lowest BCUT2D eigenvalue weighted by molar-refractivity contribution is -0.124. The van der Waals surface area contributed by atoms with Crippen molar-refractivity contribution in [2.45, 2.75) is 26.3 Å². The van der Waals surface area contributed by atoms with Crippen molar-refractivity contribution in [3.63, 3.8) is 0 Å². The minimum atomic E-state index is -0.625. The molecule has 0 bridgehead atoms. The molecule has 2 rings (SSSR count). The summed E-state index contributed by atoms with van der Waals surface area (Å²) in [6, 6.07) is 3.06. The topological polar surface area (TPSA) is 83.1 Å². The Balaban J connectivity index is 2.03. The first-order chi connectivity index (χ1) is 11.0. The second-order valence-corrected chi connectivity index (χ2v) is 5.16. The van der Waals surface area contributed by atoms with Crippen LogP contribution in [0.4, 0.5) is 0 Å². The largest absolute Gasteiger partial charge is 0.493 e. The fourth-order valence-corrected chi connectivity index (χ4v) is 2.02. The van der Waals surface area contributed by atoms with Crippen LogP contribution in [0.5, 0.6) is 17.2 Å². The molecule has 0 aliphatic carbocycles. The minimum absolute atomic E-state index is 0.0376. The number of rotatable bonds is 6. The second-order valence-electron chi connectivity index (χ2n) is 5.16. The first-order valence-corrected chi connectivity index (χ1v) is 7.49. The summed E-state index contributed by atoms with van der Waals surface area (Å²) in [7, 11) is 1.47. The molecule has 0 saturated heterocycles. The molecule has 1 aliphatic heterocycles. The van der Waals surface area contributed by atoms with E-state index in [0.29, 0.717) is 30.5 Å². The molecule has 7 heteroatoms. The Kier molecular flexibility index (Phi) is 5.67. The summed E-state index contributed by atoms with van der Waals surface area (Å²) < 4.78 is 21.2. The highest BCUT2D eigenvalue weighted by atomic mass is 16.6. The van der Waals surface area contributed by atoms with Crippen LogP contribution >= 0.6 is 0 Å². The minimum Gasteiger partial charge on any atom is -0.493 e. The molecule has 0 aromatic heterocycles. The molecule has 7 nitrogen and oxygen atoms in total. The number of ether oxygens (including phenoxy) is 4. The van der Waals surface area contributed by atoms with Gasteiger partial charge in [0.15, 0.2) is 18.1 Å². The maximum Gasteiger partial charge on any atom is 0.338 e. The number of esters is 1. The van der Waals surface area contributed by atoms with Crippen LogP contribution < -0.4 is 19.5 Å². The number of hydrogen-bond acceptors (Lipinski definition) is 6. The molecule has 1 atom stereocenters. The van der Waals surface area contributed by atoms with Crippen molar-refractivity contribution in [3.05, 3.63) is 17.7 Å². The summed E-state index contributed by atoms with van der Waals surface area (Å²) in [6.07, 6.45) is 0.805. The Morgan fingerprint density at radius 1 is 1.30 bits per heavy atom. The number of carbonyl (C=O) groups excluding carboxylic acids is 2. The Labute approximate surface area is 134 Å². The third-order valence-electron chi connectivity index (χ3n) is 3.42. The van der Waals surface area contributed by atoms with Gasteiger partial charge in [-0.2, -0.15) is 0 Å².